The standard InChI is InChI=1S/C15H19NO5/c1-16(2)9-11(8-14(17)18)15(19)10-3-4-12-13(7-10)21-6-5-20-12/h3-4,7,11H,5-6,8-9H2,1-2H3,(H,17,18). The van der Waals surface area contributed by atoms with Crippen LogP contribution in [0.4, 0.5) is 0 Å². The van der Waals surface area contributed by atoms with Crippen molar-refractivity contribution in [3.8, 4) is 11.5 Å². The van der Waals surface area contributed by atoms with Crippen LogP contribution in [-0.2, 0) is 4.79 Å². The predicted octanol–water partition coefficient (Wildman–Crippen LogP) is 1.29. The summed E-state index contributed by atoms with van der Waals surface area (Å²) < 4.78 is 10.9. The molecule has 0 spiro atoms. The smallest absolute Gasteiger partial charge is 0.304 e. The lowest BCUT2D eigenvalue weighted by Gasteiger charge is -2.21. The average molecular weight is 293 g/mol. The number of carbonyl (C=O) groups is 2. The van der Waals surface area contributed by atoms with Crippen LogP contribution in [0.1, 0.15) is 16.8 Å². The third-order valence-corrected chi connectivity index (χ3v) is 3.20. The van der Waals surface area contributed by atoms with E-state index in [2.05, 4.69) is 0 Å². The van der Waals surface area contributed by atoms with Gasteiger partial charge in [-0.05, 0) is 32.3 Å². The highest BCUT2D eigenvalue weighted by atomic mass is 16.6. The van der Waals surface area contributed by atoms with Crippen molar-refractivity contribution in [1.29, 1.82) is 0 Å². The molecule has 0 fully saturated rings. The van der Waals surface area contributed by atoms with E-state index in [1.54, 1.807) is 18.2 Å². The molecular formula is C15H19NO5. The minimum Gasteiger partial charge on any atom is -0.486 e. The van der Waals surface area contributed by atoms with E-state index in [1.807, 2.05) is 19.0 Å². The first-order valence-corrected chi connectivity index (χ1v) is 6.77. The van der Waals surface area contributed by atoms with Crippen LogP contribution in [-0.4, -0.2) is 55.6 Å². The van der Waals surface area contributed by atoms with Crippen molar-refractivity contribution < 1.29 is 24.2 Å². The zero-order valence-corrected chi connectivity index (χ0v) is 12.2. The molecule has 0 aliphatic carbocycles. The lowest BCUT2D eigenvalue weighted by molar-refractivity contribution is -0.137. The molecule has 21 heavy (non-hydrogen) atoms. The number of hydrogen-bond acceptors (Lipinski definition) is 5. The summed E-state index contributed by atoms with van der Waals surface area (Å²) in [5.41, 5.74) is 0.451. The fourth-order valence-electron chi connectivity index (χ4n) is 2.32. The van der Waals surface area contributed by atoms with Crippen molar-refractivity contribution >= 4 is 11.8 Å². The van der Waals surface area contributed by atoms with Gasteiger partial charge in [0.25, 0.3) is 0 Å². The van der Waals surface area contributed by atoms with Gasteiger partial charge in [-0.15, -0.1) is 0 Å². The Morgan fingerprint density at radius 1 is 1.24 bits per heavy atom. The van der Waals surface area contributed by atoms with Crippen LogP contribution in [0.3, 0.4) is 0 Å². The van der Waals surface area contributed by atoms with Crippen LogP contribution >= 0.6 is 0 Å². The Balaban J connectivity index is 2.21. The zero-order chi connectivity index (χ0) is 15.4. The molecular weight excluding hydrogens is 274 g/mol. The van der Waals surface area contributed by atoms with Gasteiger partial charge in [-0.2, -0.15) is 0 Å². The molecule has 0 saturated heterocycles. The monoisotopic (exact) mass is 293 g/mol. The zero-order valence-electron chi connectivity index (χ0n) is 12.2. The number of carboxylic acid groups (broad SMARTS) is 1. The maximum absolute atomic E-state index is 12.5. The summed E-state index contributed by atoms with van der Waals surface area (Å²) in [5.74, 6) is -0.609. The summed E-state index contributed by atoms with van der Waals surface area (Å²) in [4.78, 5) is 25.3. The number of carboxylic acids is 1. The molecule has 1 N–H and O–H groups in total. The van der Waals surface area contributed by atoms with E-state index in [4.69, 9.17) is 14.6 Å². The van der Waals surface area contributed by atoms with Gasteiger partial charge in [-0.1, -0.05) is 0 Å². The second kappa shape index (κ2) is 6.58. The summed E-state index contributed by atoms with van der Waals surface area (Å²) in [7, 11) is 3.62. The maximum atomic E-state index is 12.5. The Kier molecular flexibility index (Phi) is 4.80. The van der Waals surface area contributed by atoms with Gasteiger partial charge in [0, 0.05) is 18.0 Å². The highest BCUT2D eigenvalue weighted by molar-refractivity contribution is 6.00. The number of Topliss-reactive ketones (excluding diaryl/α,β-unsaturated/α-hetero) is 1. The van der Waals surface area contributed by atoms with Crippen LogP contribution < -0.4 is 9.47 Å². The lowest BCUT2D eigenvalue weighted by Crippen LogP contribution is -2.30. The number of rotatable bonds is 6. The first-order valence-electron chi connectivity index (χ1n) is 6.77. The molecule has 1 aliphatic rings. The fourth-order valence-corrected chi connectivity index (χ4v) is 2.32. The van der Waals surface area contributed by atoms with E-state index in [0.717, 1.165) is 0 Å². The van der Waals surface area contributed by atoms with Gasteiger partial charge < -0.3 is 19.5 Å². The summed E-state index contributed by atoms with van der Waals surface area (Å²) in [6.07, 6.45) is -0.189. The van der Waals surface area contributed by atoms with E-state index >= 15 is 0 Å². The maximum Gasteiger partial charge on any atom is 0.304 e. The van der Waals surface area contributed by atoms with Crippen molar-refractivity contribution in [2.75, 3.05) is 33.9 Å². The van der Waals surface area contributed by atoms with Crippen LogP contribution in [0.5, 0.6) is 11.5 Å². The summed E-state index contributed by atoms with van der Waals surface area (Å²) >= 11 is 0. The molecule has 1 aromatic carbocycles. The number of aliphatic carboxylic acids is 1. The first kappa shape index (κ1) is 15.3. The van der Waals surface area contributed by atoms with Gasteiger partial charge in [0.2, 0.25) is 0 Å². The van der Waals surface area contributed by atoms with Crippen LogP contribution in [0.15, 0.2) is 18.2 Å². The second-order valence-electron chi connectivity index (χ2n) is 5.28. The Hall–Kier alpha value is -2.08. The molecule has 0 bridgehead atoms. The van der Waals surface area contributed by atoms with Gasteiger partial charge in [0.15, 0.2) is 17.3 Å². The lowest BCUT2D eigenvalue weighted by atomic mass is 9.94. The molecule has 1 heterocycles. The number of fused-ring (bicyclic) bond motifs is 1. The molecule has 1 unspecified atom stereocenters. The quantitative estimate of drug-likeness (QED) is 0.797. The Morgan fingerprint density at radius 3 is 2.52 bits per heavy atom. The third kappa shape index (κ3) is 3.95. The van der Waals surface area contributed by atoms with Gasteiger partial charge in [-0.25, -0.2) is 0 Å². The molecule has 6 heteroatoms. The Labute approximate surface area is 123 Å². The van der Waals surface area contributed by atoms with Gasteiger partial charge in [0.05, 0.1) is 6.42 Å². The van der Waals surface area contributed by atoms with Crippen molar-refractivity contribution in [2.45, 2.75) is 6.42 Å². The van der Waals surface area contributed by atoms with E-state index in [1.165, 1.54) is 0 Å². The number of hydrogen-bond donors (Lipinski definition) is 1. The number of carbonyl (C=O) groups excluding carboxylic acids is 1. The summed E-state index contributed by atoms with van der Waals surface area (Å²) in [5, 5.41) is 8.97. The molecule has 1 aromatic rings. The van der Waals surface area contributed by atoms with Crippen molar-refractivity contribution in [3.63, 3.8) is 0 Å². The highest BCUT2D eigenvalue weighted by Crippen LogP contribution is 2.31. The minimum absolute atomic E-state index is 0.189. The fraction of sp³-hybridized carbons (Fsp3) is 0.467. The van der Waals surface area contributed by atoms with E-state index in [0.29, 0.717) is 36.8 Å². The topological polar surface area (TPSA) is 76.1 Å². The average Bonchev–Trinajstić information content (AvgIpc) is 2.44. The largest absolute Gasteiger partial charge is 0.486 e. The van der Waals surface area contributed by atoms with E-state index in [9.17, 15) is 9.59 Å². The van der Waals surface area contributed by atoms with Crippen molar-refractivity contribution in [1.82, 2.24) is 4.90 Å². The normalized spacial score (nSPS) is 14.8. The van der Waals surface area contributed by atoms with E-state index < -0.39 is 11.9 Å². The molecule has 0 aromatic heterocycles. The number of ketones is 1. The third-order valence-electron chi connectivity index (χ3n) is 3.20. The van der Waals surface area contributed by atoms with Crippen LogP contribution in [0.2, 0.25) is 0 Å². The van der Waals surface area contributed by atoms with Gasteiger partial charge >= 0.3 is 5.97 Å². The predicted molar refractivity (Wildman–Crippen MR) is 76.1 cm³/mol. The molecule has 2 rings (SSSR count). The van der Waals surface area contributed by atoms with Gasteiger partial charge in [-0.3, -0.25) is 9.59 Å². The Morgan fingerprint density at radius 2 is 1.90 bits per heavy atom. The van der Waals surface area contributed by atoms with Crippen LogP contribution in [0, 0.1) is 5.92 Å². The molecule has 1 aliphatic heterocycles. The molecule has 0 amide bonds. The summed E-state index contributed by atoms with van der Waals surface area (Å²) in [6, 6.07) is 4.97. The Bertz CT molecular complexity index is 541. The second-order valence-corrected chi connectivity index (χ2v) is 5.28. The molecule has 0 radical (unpaired) electrons. The molecule has 1 atom stereocenters. The summed E-state index contributed by atoms with van der Waals surface area (Å²) in [6.45, 7) is 1.32. The molecule has 0 saturated carbocycles. The van der Waals surface area contributed by atoms with Crippen LogP contribution in [0.25, 0.3) is 0 Å². The first-order chi connectivity index (χ1) is 9.97. The number of nitrogens with zero attached hydrogens (tertiary/aromatic N) is 1. The van der Waals surface area contributed by atoms with Crippen molar-refractivity contribution in [3.05, 3.63) is 23.8 Å². The van der Waals surface area contributed by atoms with Gasteiger partial charge in [0.1, 0.15) is 13.2 Å². The molecule has 6 nitrogen and oxygen atoms in total. The van der Waals surface area contributed by atoms with Crippen molar-refractivity contribution in [2.24, 2.45) is 5.92 Å². The highest BCUT2D eigenvalue weighted by Gasteiger charge is 2.25. The number of benzene rings is 1. The van der Waals surface area contributed by atoms with E-state index in [-0.39, 0.29) is 12.2 Å². The number of ether oxygens (including phenoxy) is 2. The molecule has 114 valence electrons. The minimum atomic E-state index is -0.979. The SMILES string of the molecule is CN(C)CC(CC(=O)O)C(=O)c1ccc2c(c1)OCCO2.